The summed E-state index contributed by atoms with van der Waals surface area (Å²) in [6.07, 6.45) is 1.55. The lowest BCUT2D eigenvalue weighted by atomic mass is 10.0. The first-order valence-corrected chi connectivity index (χ1v) is 12.9. The molecule has 0 aliphatic carbocycles. The maximum atomic E-state index is 12.1. The van der Waals surface area contributed by atoms with E-state index in [0.29, 0.717) is 36.1 Å². The second-order valence-electron chi connectivity index (χ2n) is 8.74. The maximum absolute atomic E-state index is 12.1. The molecular weight excluding hydrogens is 474 g/mol. The van der Waals surface area contributed by atoms with Gasteiger partial charge in [-0.15, -0.1) is 0 Å². The molecule has 36 heavy (non-hydrogen) atoms. The molecule has 1 amide bonds. The zero-order valence-electron chi connectivity index (χ0n) is 21.2. The van der Waals surface area contributed by atoms with E-state index in [0.717, 1.165) is 34.4 Å². The second-order valence-corrected chi connectivity index (χ2v) is 9.90. The van der Waals surface area contributed by atoms with E-state index in [1.165, 1.54) is 16.8 Å². The highest BCUT2D eigenvalue weighted by Gasteiger charge is 2.16. The number of amides is 1. The Bertz CT molecular complexity index is 1130. The fourth-order valence-electron chi connectivity index (χ4n) is 3.40. The van der Waals surface area contributed by atoms with Crippen LogP contribution >= 0.6 is 11.8 Å². The number of methoxy groups -OCH3 is 1. The molecule has 3 aromatic rings. The lowest BCUT2D eigenvalue weighted by Gasteiger charge is -2.21. The van der Waals surface area contributed by atoms with Crippen molar-refractivity contribution in [1.82, 2.24) is 0 Å². The number of rotatable bonds is 13. The first kappa shape index (κ1) is 27.3. The fraction of sp³-hybridized carbons (Fsp3) is 0.310. The quantitative estimate of drug-likeness (QED) is 0.190. The number of hydroxylamine groups is 1. The zero-order valence-corrected chi connectivity index (χ0v) is 22.0. The third kappa shape index (κ3) is 8.14. The number of carbonyl (C=O) groups excluding carboxylic acids is 2. The van der Waals surface area contributed by atoms with Gasteiger partial charge in [0, 0.05) is 12.7 Å². The first-order chi connectivity index (χ1) is 17.4. The van der Waals surface area contributed by atoms with Crippen molar-refractivity contribution in [2.75, 3.05) is 18.8 Å². The normalized spacial score (nSPS) is 10.8. The topological polar surface area (TPSA) is 65.1 Å². The summed E-state index contributed by atoms with van der Waals surface area (Å²) >= 11 is 1.29. The van der Waals surface area contributed by atoms with Crippen molar-refractivity contribution >= 4 is 29.0 Å². The Kier molecular flexibility index (Phi) is 10.4. The van der Waals surface area contributed by atoms with Crippen LogP contribution in [0.1, 0.15) is 38.3 Å². The van der Waals surface area contributed by atoms with Crippen molar-refractivity contribution in [3.05, 3.63) is 77.9 Å². The van der Waals surface area contributed by atoms with Crippen molar-refractivity contribution < 1.29 is 23.9 Å². The van der Waals surface area contributed by atoms with Crippen LogP contribution in [0.4, 0.5) is 5.69 Å². The van der Waals surface area contributed by atoms with Crippen LogP contribution in [0.15, 0.2) is 66.7 Å². The van der Waals surface area contributed by atoms with E-state index >= 15 is 0 Å². The molecule has 0 spiro atoms. The Morgan fingerprint density at radius 1 is 0.972 bits per heavy atom. The average molecular weight is 508 g/mol. The third-order valence-corrected chi connectivity index (χ3v) is 6.39. The SMILES string of the molecule is COc1ccc(CON(C=O)c2cc(-c3ccc(CSC(C)=O)cc3)ccc2OCCC(C)C)cc1. The number of carbonyl (C=O) groups is 2. The monoisotopic (exact) mass is 507 g/mol. The Morgan fingerprint density at radius 2 is 1.64 bits per heavy atom. The van der Waals surface area contributed by atoms with Crippen LogP contribution in [0.5, 0.6) is 11.5 Å². The number of benzene rings is 3. The van der Waals surface area contributed by atoms with E-state index in [1.54, 1.807) is 14.0 Å². The first-order valence-electron chi connectivity index (χ1n) is 11.9. The van der Waals surface area contributed by atoms with Crippen molar-refractivity contribution in [2.45, 2.75) is 39.6 Å². The number of ether oxygens (including phenoxy) is 2. The van der Waals surface area contributed by atoms with Crippen molar-refractivity contribution in [3.8, 4) is 22.6 Å². The minimum atomic E-state index is 0.0976. The van der Waals surface area contributed by atoms with Crippen LogP contribution in [-0.2, 0) is 26.8 Å². The summed E-state index contributed by atoms with van der Waals surface area (Å²) < 4.78 is 11.2. The van der Waals surface area contributed by atoms with Crippen LogP contribution in [-0.4, -0.2) is 25.2 Å². The summed E-state index contributed by atoms with van der Waals surface area (Å²) in [5.41, 5.74) is 4.43. The van der Waals surface area contributed by atoms with Gasteiger partial charge in [-0.25, -0.2) is 0 Å². The van der Waals surface area contributed by atoms with Gasteiger partial charge in [0.25, 0.3) is 0 Å². The molecule has 0 unspecified atom stereocenters. The van der Waals surface area contributed by atoms with E-state index in [-0.39, 0.29) is 11.7 Å². The molecule has 0 radical (unpaired) electrons. The van der Waals surface area contributed by atoms with E-state index in [4.69, 9.17) is 14.3 Å². The summed E-state index contributed by atoms with van der Waals surface area (Å²) in [6, 6.07) is 21.3. The minimum Gasteiger partial charge on any atom is -0.497 e. The van der Waals surface area contributed by atoms with Crippen molar-refractivity contribution in [2.24, 2.45) is 5.92 Å². The molecule has 0 saturated heterocycles. The Hall–Kier alpha value is -3.29. The van der Waals surface area contributed by atoms with Gasteiger partial charge in [-0.05, 0) is 58.9 Å². The number of anilines is 1. The molecular formula is C29H33NO5S. The molecule has 0 bridgehead atoms. The van der Waals surface area contributed by atoms with E-state index in [9.17, 15) is 9.59 Å². The second kappa shape index (κ2) is 13.7. The summed E-state index contributed by atoms with van der Waals surface area (Å²) in [5, 5.41) is 1.32. The highest BCUT2D eigenvalue weighted by molar-refractivity contribution is 8.12. The molecule has 0 aliphatic heterocycles. The summed E-state index contributed by atoms with van der Waals surface area (Å²) in [5.74, 6) is 2.48. The van der Waals surface area contributed by atoms with Gasteiger partial charge < -0.3 is 9.47 Å². The van der Waals surface area contributed by atoms with Gasteiger partial charge in [-0.3, -0.25) is 14.4 Å². The molecule has 0 saturated carbocycles. The molecule has 0 N–H and O–H groups in total. The largest absolute Gasteiger partial charge is 0.497 e. The minimum absolute atomic E-state index is 0.0976. The van der Waals surface area contributed by atoms with Gasteiger partial charge in [-0.1, -0.05) is 68.1 Å². The molecule has 0 fully saturated rings. The Balaban J connectivity index is 1.83. The number of thioether (sulfide) groups is 1. The fourth-order valence-corrected chi connectivity index (χ4v) is 3.96. The van der Waals surface area contributed by atoms with E-state index < -0.39 is 0 Å². The molecule has 6 nitrogen and oxygen atoms in total. The van der Waals surface area contributed by atoms with Crippen LogP contribution in [0.25, 0.3) is 11.1 Å². The molecule has 0 aromatic heterocycles. The molecule has 0 atom stereocenters. The zero-order chi connectivity index (χ0) is 25.9. The smallest absolute Gasteiger partial charge is 0.238 e. The highest BCUT2D eigenvalue weighted by Crippen LogP contribution is 2.34. The number of hydrogen-bond acceptors (Lipinski definition) is 6. The highest BCUT2D eigenvalue weighted by atomic mass is 32.2. The molecule has 7 heteroatoms. The van der Waals surface area contributed by atoms with Gasteiger partial charge in [0.1, 0.15) is 23.8 Å². The van der Waals surface area contributed by atoms with Crippen LogP contribution in [0.3, 0.4) is 0 Å². The standard InChI is InChI=1S/C29H33NO5S/c1-21(2)15-16-34-29-14-11-26(25-9-5-24(6-10-25)19-36-22(3)32)17-28(29)30(20-31)35-18-23-7-12-27(33-4)13-8-23/h5-14,17,20-21H,15-16,18-19H2,1-4H3. The Morgan fingerprint density at radius 3 is 2.25 bits per heavy atom. The number of nitrogens with zero attached hydrogens (tertiary/aromatic N) is 1. The molecule has 0 aliphatic rings. The Labute approximate surface area is 217 Å². The van der Waals surface area contributed by atoms with Gasteiger partial charge >= 0.3 is 0 Å². The lowest BCUT2D eigenvalue weighted by Crippen LogP contribution is -2.22. The van der Waals surface area contributed by atoms with E-state index in [1.807, 2.05) is 66.7 Å². The van der Waals surface area contributed by atoms with E-state index in [2.05, 4.69) is 13.8 Å². The average Bonchev–Trinajstić information content (AvgIpc) is 2.89. The van der Waals surface area contributed by atoms with Gasteiger partial charge in [0.2, 0.25) is 6.41 Å². The maximum Gasteiger partial charge on any atom is 0.238 e. The molecule has 3 rings (SSSR count). The van der Waals surface area contributed by atoms with Gasteiger partial charge in [0.15, 0.2) is 5.12 Å². The van der Waals surface area contributed by atoms with Crippen molar-refractivity contribution in [3.63, 3.8) is 0 Å². The predicted octanol–water partition coefficient (Wildman–Crippen LogP) is 6.66. The summed E-state index contributed by atoms with van der Waals surface area (Å²) in [7, 11) is 1.62. The van der Waals surface area contributed by atoms with Crippen LogP contribution in [0.2, 0.25) is 0 Å². The van der Waals surface area contributed by atoms with Crippen molar-refractivity contribution in [1.29, 1.82) is 0 Å². The number of hydrogen-bond donors (Lipinski definition) is 0. The summed E-state index contributed by atoms with van der Waals surface area (Å²) in [6.45, 7) is 6.60. The molecule has 190 valence electrons. The predicted molar refractivity (Wildman–Crippen MR) is 145 cm³/mol. The van der Waals surface area contributed by atoms with Gasteiger partial charge in [-0.2, -0.15) is 5.06 Å². The molecule has 3 aromatic carbocycles. The summed E-state index contributed by atoms with van der Waals surface area (Å²) in [4.78, 5) is 29.2. The third-order valence-electron chi connectivity index (χ3n) is 5.50. The lowest BCUT2D eigenvalue weighted by molar-refractivity contribution is -0.114. The van der Waals surface area contributed by atoms with Crippen LogP contribution < -0.4 is 14.5 Å². The molecule has 0 heterocycles. The van der Waals surface area contributed by atoms with Crippen LogP contribution in [0, 0.1) is 5.92 Å². The van der Waals surface area contributed by atoms with Gasteiger partial charge in [0.05, 0.1) is 13.7 Å².